The van der Waals surface area contributed by atoms with Gasteiger partial charge in [0.1, 0.15) is 17.5 Å². The second-order valence-corrected chi connectivity index (χ2v) is 9.02. The minimum atomic E-state index is -4.03. The van der Waals surface area contributed by atoms with Crippen LogP contribution in [0.2, 0.25) is 5.02 Å². The zero-order valence-corrected chi connectivity index (χ0v) is 17.5. The second kappa shape index (κ2) is 7.82. The molecule has 0 bridgehead atoms. The summed E-state index contributed by atoms with van der Waals surface area (Å²) in [6, 6.07) is 11.8. The molecule has 7 nitrogen and oxygen atoms in total. The average Bonchev–Trinajstić information content (AvgIpc) is 2.69. The van der Waals surface area contributed by atoms with Gasteiger partial charge in [0.15, 0.2) is 5.03 Å². The molecule has 30 heavy (non-hydrogen) atoms. The lowest BCUT2D eigenvalue weighted by Gasteiger charge is -2.36. The number of halogens is 2. The highest BCUT2D eigenvalue weighted by Gasteiger charge is 2.27. The van der Waals surface area contributed by atoms with Crippen LogP contribution in [-0.4, -0.2) is 42.7 Å². The summed E-state index contributed by atoms with van der Waals surface area (Å²) in [5.74, 6) is 0.0459. The number of aliphatic hydroxyl groups excluding tert-OH is 1. The Morgan fingerprint density at radius 3 is 2.67 bits per heavy atom. The summed E-state index contributed by atoms with van der Waals surface area (Å²) >= 11 is 6.23. The number of rotatable bonds is 5. The van der Waals surface area contributed by atoms with E-state index in [0.717, 1.165) is 5.56 Å². The number of aliphatic hydroxyl groups is 1. The molecule has 3 aromatic rings. The van der Waals surface area contributed by atoms with Gasteiger partial charge in [0.25, 0.3) is 10.0 Å². The Morgan fingerprint density at radius 1 is 1.17 bits per heavy atom. The monoisotopic (exact) mass is 448 g/mol. The Bertz CT molecular complexity index is 1220. The number of pyridine rings is 2. The predicted molar refractivity (Wildman–Crippen MR) is 113 cm³/mol. The number of sulfonamides is 1. The summed E-state index contributed by atoms with van der Waals surface area (Å²) in [5, 5.41) is 9.53. The van der Waals surface area contributed by atoms with Crippen molar-refractivity contribution in [2.24, 2.45) is 0 Å². The number of benzene rings is 1. The molecule has 1 aliphatic rings. The van der Waals surface area contributed by atoms with Gasteiger partial charge in [-0.25, -0.2) is 14.4 Å². The van der Waals surface area contributed by atoms with Crippen LogP contribution in [0, 0.1) is 12.7 Å². The van der Waals surface area contributed by atoms with Crippen LogP contribution < -0.4 is 9.62 Å². The molecule has 0 saturated carbocycles. The maximum Gasteiger partial charge on any atom is 0.280 e. The Morgan fingerprint density at radius 2 is 1.93 bits per heavy atom. The minimum absolute atomic E-state index is 0.0321. The van der Waals surface area contributed by atoms with E-state index in [1.807, 2.05) is 0 Å². The molecular weight excluding hydrogens is 431 g/mol. The number of nitrogens with zero attached hydrogens (tertiary/aromatic N) is 3. The second-order valence-electron chi connectivity index (χ2n) is 6.98. The smallest absolute Gasteiger partial charge is 0.280 e. The van der Waals surface area contributed by atoms with E-state index >= 15 is 0 Å². The largest absolute Gasteiger partial charge is 0.389 e. The van der Waals surface area contributed by atoms with Gasteiger partial charge in [0.05, 0.1) is 16.8 Å². The van der Waals surface area contributed by atoms with Crippen LogP contribution in [0.5, 0.6) is 0 Å². The van der Waals surface area contributed by atoms with Crippen LogP contribution in [0.15, 0.2) is 53.6 Å². The molecule has 1 aromatic carbocycles. The van der Waals surface area contributed by atoms with E-state index in [4.69, 9.17) is 11.6 Å². The third-order valence-electron chi connectivity index (χ3n) is 4.71. The standard InChI is InChI=1S/C20H18ClFN4O3S/c1-12-5-6-13(22)9-15(12)20-16(21)7-8-17(23-20)25-30(28,29)19-4-2-3-18(24-19)26-10-14(27)11-26/h2-9,14,27H,10-11H2,1H3,(H,23,25). The van der Waals surface area contributed by atoms with Gasteiger partial charge in [0.2, 0.25) is 0 Å². The Kier molecular flexibility index (Phi) is 5.35. The first-order valence-corrected chi connectivity index (χ1v) is 10.9. The fraction of sp³-hybridized carbons (Fsp3) is 0.200. The molecule has 0 aliphatic carbocycles. The minimum Gasteiger partial charge on any atom is -0.389 e. The Labute approximate surface area is 178 Å². The van der Waals surface area contributed by atoms with Gasteiger partial charge in [-0.15, -0.1) is 0 Å². The summed E-state index contributed by atoms with van der Waals surface area (Å²) in [6.45, 7) is 2.59. The van der Waals surface area contributed by atoms with E-state index in [2.05, 4.69) is 14.7 Å². The van der Waals surface area contributed by atoms with Gasteiger partial charge >= 0.3 is 0 Å². The number of aromatic nitrogens is 2. The lowest BCUT2D eigenvalue weighted by atomic mass is 10.0. The molecule has 0 spiro atoms. The topological polar surface area (TPSA) is 95.4 Å². The molecule has 1 saturated heterocycles. The molecule has 10 heteroatoms. The van der Waals surface area contributed by atoms with Gasteiger partial charge in [-0.1, -0.05) is 23.7 Å². The van der Waals surface area contributed by atoms with Crippen molar-refractivity contribution in [2.45, 2.75) is 18.1 Å². The Hall–Kier alpha value is -2.75. The van der Waals surface area contributed by atoms with E-state index in [1.165, 1.54) is 30.3 Å². The molecule has 2 aromatic heterocycles. The van der Waals surface area contributed by atoms with Crippen LogP contribution >= 0.6 is 11.6 Å². The van der Waals surface area contributed by atoms with Crippen molar-refractivity contribution in [3.63, 3.8) is 0 Å². The highest BCUT2D eigenvalue weighted by atomic mass is 35.5. The molecule has 0 unspecified atom stereocenters. The van der Waals surface area contributed by atoms with Crippen molar-refractivity contribution in [3.8, 4) is 11.3 Å². The summed E-state index contributed by atoms with van der Waals surface area (Å²) in [4.78, 5) is 10.2. The zero-order valence-electron chi connectivity index (χ0n) is 15.9. The molecule has 1 fully saturated rings. The fourth-order valence-electron chi connectivity index (χ4n) is 3.10. The van der Waals surface area contributed by atoms with Crippen molar-refractivity contribution in [1.82, 2.24) is 9.97 Å². The quantitative estimate of drug-likeness (QED) is 0.622. The molecule has 0 amide bonds. The Balaban J connectivity index is 1.64. The van der Waals surface area contributed by atoms with E-state index in [0.29, 0.717) is 24.5 Å². The lowest BCUT2D eigenvalue weighted by molar-refractivity contribution is 0.141. The number of anilines is 2. The summed E-state index contributed by atoms with van der Waals surface area (Å²) in [5.41, 5.74) is 1.49. The van der Waals surface area contributed by atoms with Crippen molar-refractivity contribution < 1.29 is 17.9 Å². The maximum atomic E-state index is 13.7. The van der Waals surface area contributed by atoms with Crippen molar-refractivity contribution in [3.05, 3.63) is 64.9 Å². The molecule has 2 N–H and O–H groups in total. The summed E-state index contributed by atoms with van der Waals surface area (Å²) in [6.07, 6.45) is -0.437. The lowest BCUT2D eigenvalue weighted by Crippen LogP contribution is -2.51. The van der Waals surface area contributed by atoms with E-state index in [1.54, 1.807) is 30.0 Å². The summed E-state index contributed by atoms with van der Waals surface area (Å²) < 4.78 is 41.8. The van der Waals surface area contributed by atoms with Gasteiger partial charge in [-0.3, -0.25) is 4.72 Å². The van der Waals surface area contributed by atoms with E-state index in [9.17, 15) is 17.9 Å². The van der Waals surface area contributed by atoms with Gasteiger partial charge in [0, 0.05) is 18.7 Å². The molecule has 156 valence electrons. The van der Waals surface area contributed by atoms with Crippen LogP contribution in [0.4, 0.5) is 16.0 Å². The number of hydrogen-bond donors (Lipinski definition) is 2. The van der Waals surface area contributed by atoms with Gasteiger partial charge in [-0.2, -0.15) is 8.42 Å². The van der Waals surface area contributed by atoms with Crippen molar-refractivity contribution in [1.29, 1.82) is 0 Å². The number of β-amino-alcohol motifs (C(OH)–C–C–N with tert-alkyl or cyclic N) is 1. The molecular formula is C20H18ClFN4O3S. The third kappa shape index (κ3) is 4.09. The molecule has 4 rings (SSSR count). The number of aryl methyl sites for hydroxylation is 1. The van der Waals surface area contributed by atoms with Crippen LogP contribution in [0.25, 0.3) is 11.3 Å². The first-order chi connectivity index (χ1) is 14.2. The van der Waals surface area contributed by atoms with Gasteiger partial charge in [-0.05, 0) is 48.9 Å². The maximum absolute atomic E-state index is 13.7. The normalized spacial score (nSPS) is 14.5. The SMILES string of the molecule is Cc1ccc(F)cc1-c1nc(NS(=O)(=O)c2cccc(N3CC(O)C3)n2)ccc1Cl. The van der Waals surface area contributed by atoms with Crippen molar-refractivity contribution in [2.75, 3.05) is 22.7 Å². The first kappa shape index (κ1) is 20.5. The van der Waals surface area contributed by atoms with Crippen LogP contribution in [0.1, 0.15) is 5.56 Å². The van der Waals surface area contributed by atoms with Gasteiger partial charge < -0.3 is 10.0 Å². The molecule has 0 atom stereocenters. The predicted octanol–water partition coefficient (Wildman–Crippen LogP) is 3.23. The van der Waals surface area contributed by atoms with Crippen LogP contribution in [0.3, 0.4) is 0 Å². The molecule has 3 heterocycles. The number of nitrogens with one attached hydrogen (secondary N) is 1. The van der Waals surface area contributed by atoms with E-state index < -0.39 is 21.9 Å². The molecule has 1 aliphatic heterocycles. The first-order valence-electron chi connectivity index (χ1n) is 9.09. The third-order valence-corrected chi connectivity index (χ3v) is 6.27. The van der Waals surface area contributed by atoms with E-state index in [-0.39, 0.29) is 21.6 Å². The average molecular weight is 449 g/mol. The highest BCUT2D eigenvalue weighted by molar-refractivity contribution is 7.92. The van der Waals surface area contributed by atoms with Crippen molar-refractivity contribution >= 4 is 33.3 Å². The number of hydrogen-bond acceptors (Lipinski definition) is 6. The zero-order chi connectivity index (χ0) is 21.5. The van der Waals surface area contributed by atoms with Crippen LogP contribution in [-0.2, 0) is 10.0 Å². The fourth-order valence-corrected chi connectivity index (χ4v) is 4.27. The molecule has 0 radical (unpaired) electrons. The summed E-state index contributed by atoms with van der Waals surface area (Å²) in [7, 11) is -4.03. The highest BCUT2D eigenvalue weighted by Crippen LogP contribution is 2.31.